The molecule has 1 aromatic rings. The van der Waals surface area contributed by atoms with Crippen molar-refractivity contribution in [3.8, 4) is 6.07 Å². The SMILES string of the molecule is N#CC(C1CCO1)N(C(=O)c1cc(Br)cnc1Cl)C1CC1. The average Bonchev–Trinajstić information content (AvgIpc) is 3.23. The van der Waals surface area contributed by atoms with Crippen molar-refractivity contribution in [3.63, 3.8) is 0 Å². The van der Waals surface area contributed by atoms with E-state index in [-0.39, 0.29) is 23.2 Å². The average molecular weight is 371 g/mol. The lowest BCUT2D eigenvalue weighted by Gasteiger charge is -2.37. The van der Waals surface area contributed by atoms with Crippen molar-refractivity contribution in [2.24, 2.45) is 0 Å². The molecule has 110 valence electrons. The first-order chi connectivity index (χ1) is 10.1. The zero-order valence-corrected chi connectivity index (χ0v) is 13.5. The summed E-state index contributed by atoms with van der Waals surface area (Å²) >= 11 is 9.33. The van der Waals surface area contributed by atoms with Gasteiger partial charge in [-0.1, -0.05) is 11.6 Å². The van der Waals surface area contributed by atoms with E-state index in [0.717, 1.165) is 19.3 Å². The molecule has 1 saturated carbocycles. The summed E-state index contributed by atoms with van der Waals surface area (Å²) in [6, 6.07) is 3.39. The lowest BCUT2D eigenvalue weighted by atomic mass is 10.0. The number of carbonyl (C=O) groups excluding carboxylic acids is 1. The predicted molar refractivity (Wildman–Crippen MR) is 79.9 cm³/mol. The van der Waals surface area contributed by atoms with E-state index in [1.54, 1.807) is 11.0 Å². The highest BCUT2D eigenvalue weighted by Crippen LogP contribution is 2.34. The van der Waals surface area contributed by atoms with Crippen LogP contribution in [-0.2, 0) is 4.74 Å². The Hall–Kier alpha value is -1.16. The van der Waals surface area contributed by atoms with Gasteiger partial charge in [-0.2, -0.15) is 5.26 Å². The van der Waals surface area contributed by atoms with Gasteiger partial charge in [0.2, 0.25) is 0 Å². The van der Waals surface area contributed by atoms with Crippen molar-refractivity contribution in [2.75, 3.05) is 6.61 Å². The van der Waals surface area contributed by atoms with Crippen LogP contribution in [0.3, 0.4) is 0 Å². The number of rotatable bonds is 4. The molecule has 1 amide bonds. The fourth-order valence-electron chi connectivity index (χ4n) is 2.41. The lowest BCUT2D eigenvalue weighted by Crippen LogP contribution is -2.52. The molecular formula is C14H13BrClN3O2. The summed E-state index contributed by atoms with van der Waals surface area (Å²) < 4.78 is 6.09. The van der Waals surface area contributed by atoms with Crippen molar-refractivity contribution < 1.29 is 9.53 Å². The Bertz CT molecular complexity index is 611. The molecule has 1 aromatic heterocycles. The van der Waals surface area contributed by atoms with E-state index in [2.05, 4.69) is 27.0 Å². The van der Waals surface area contributed by atoms with Crippen LogP contribution in [0.25, 0.3) is 0 Å². The molecule has 1 aliphatic carbocycles. The fraction of sp³-hybridized carbons (Fsp3) is 0.500. The Balaban J connectivity index is 1.91. The molecule has 7 heteroatoms. The van der Waals surface area contributed by atoms with Crippen LogP contribution in [0, 0.1) is 11.3 Å². The fourth-order valence-corrected chi connectivity index (χ4v) is 2.93. The number of ether oxygens (including phenoxy) is 1. The van der Waals surface area contributed by atoms with Gasteiger partial charge in [-0.3, -0.25) is 4.79 Å². The summed E-state index contributed by atoms with van der Waals surface area (Å²) in [5.74, 6) is -0.252. The minimum atomic E-state index is -0.561. The maximum atomic E-state index is 12.8. The zero-order valence-electron chi connectivity index (χ0n) is 11.1. The van der Waals surface area contributed by atoms with Crippen LogP contribution in [0.15, 0.2) is 16.7 Å². The van der Waals surface area contributed by atoms with Gasteiger partial charge in [-0.05, 0) is 34.8 Å². The van der Waals surface area contributed by atoms with Crippen molar-refractivity contribution in [3.05, 3.63) is 27.5 Å². The van der Waals surface area contributed by atoms with Gasteiger partial charge in [0.1, 0.15) is 11.2 Å². The monoisotopic (exact) mass is 369 g/mol. The predicted octanol–water partition coefficient (Wildman–Crippen LogP) is 2.78. The number of aromatic nitrogens is 1. The van der Waals surface area contributed by atoms with Crippen LogP contribution in [0.1, 0.15) is 29.6 Å². The van der Waals surface area contributed by atoms with Crippen LogP contribution in [-0.4, -0.2) is 40.6 Å². The molecule has 0 aromatic carbocycles. The number of pyridine rings is 1. The third-order valence-corrected chi connectivity index (χ3v) is 4.46. The topological polar surface area (TPSA) is 66.2 Å². The summed E-state index contributed by atoms with van der Waals surface area (Å²) in [6.45, 7) is 0.648. The second-order valence-corrected chi connectivity index (χ2v) is 6.48. The van der Waals surface area contributed by atoms with E-state index in [1.807, 2.05) is 0 Å². The van der Waals surface area contributed by atoms with E-state index in [9.17, 15) is 10.1 Å². The number of nitriles is 1. The van der Waals surface area contributed by atoms with Gasteiger partial charge >= 0.3 is 0 Å². The third kappa shape index (κ3) is 2.91. The molecule has 0 bridgehead atoms. The number of hydrogen-bond acceptors (Lipinski definition) is 4. The Kier molecular flexibility index (Phi) is 4.16. The largest absolute Gasteiger partial charge is 0.375 e. The summed E-state index contributed by atoms with van der Waals surface area (Å²) in [6.07, 6.45) is 3.97. The molecule has 3 rings (SSSR count). The van der Waals surface area contributed by atoms with Gasteiger partial charge in [0.25, 0.3) is 5.91 Å². The third-order valence-electron chi connectivity index (χ3n) is 3.73. The van der Waals surface area contributed by atoms with E-state index < -0.39 is 6.04 Å². The Morgan fingerprint density at radius 3 is 2.81 bits per heavy atom. The second kappa shape index (κ2) is 5.91. The Morgan fingerprint density at radius 2 is 2.29 bits per heavy atom. The van der Waals surface area contributed by atoms with Gasteiger partial charge in [0.15, 0.2) is 0 Å². The molecule has 2 unspecified atom stereocenters. The summed E-state index contributed by atoms with van der Waals surface area (Å²) in [5, 5.41) is 9.60. The first-order valence-electron chi connectivity index (χ1n) is 6.76. The van der Waals surface area contributed by atoms with E-state index >= 15 is 0 Å². The number of hydrogen-bond donors (Lipinski definition) is 0. The minimum Gasteiger partial charge on any atom is -0.375 e. The molecule has 21 heavy (non-hydrogen) atoms. The van der Waals surface area contributed by atoms with Crippen LogP contribution in [0.2, 0.25) is 5.15 Å². The molecule has 2 atom stereocenters. The first kappa shape index (κ1) is 14.8. The highest BCUT2D eigenvalue weighted by atomic mass is 79.9. The maximum absolute atomic E-state index is 12.8. The van der Waals surface area contributed by atoms with Gasteiger partial charge in [-0.15, -0.1) is 0 Å². The van der Waals surface area contributed by atoms with Gasteiger partial charge in [-0.25, -0.2) is 4.98 Å². The second-order valence-electron chi connectivity index (χ2n) is 5.21. The van der Waals surface area contributed by atoms with Crippen molar-refractivity contribution in [2.45, 2.75) is 37.5 Å². The number of nitrogens with zero attached hydrogens (tertiary/aromatic N) is 3. The number of halogens is 2. The molecule has 0 spiro atoms. The molecule has 2 fully saturated rings. The van der Waals surface area contributed by atoms with Gasteiger partial charge in [0.05, 0.1) is 17.7 Å². The lowest BCUT2D eigenvalue weighted by molar-refractivity contribution is -0.0803. The van der Waals surface area contributed by atoms with Crippen molar-refractivity contribution >= 4 is 33.4 Å². The number of amides is 1. The van der Waals surface area contributed by atoms with Crippen LogP contribution >= 0.6 is 27.5 Å². The normalized spacial score (nSPS) is 22.0. The molecular weight excluding hydrogens is 358 g/mol. The van der Waals surface area contributed by atoms with Gasteiger partial charge in [0, 0.05) is 29.7 Å². The maximum Gasteiger partial charge on any atom is 0.258 e. The summed E-state index contributed by atoms with van der Waals surface area (Å²) in [7, 11) is 0. The van der Waals surface area contributed by atoms with Crippen LogP contribution < -0.4 is 0 Å². The van der Waals surface area contributed by atoms with Gasteiger partial charge < -0.3 is 9.64 Å². The van der Waals surface area contributed by atoms with Crippen molar-refractivity contribution in [1.82, 2.24) is 9.88 Å². The molecule has 0 radical (unpaired) electrons. The Morgan fingerprint density at radius 1 is 1.57 bits per heavy atom. The van der Waals surface area contributed by atoms with Crippen LogP contribution in [0.4, 0.5) is 0 Å². The molecule has 2 heterocycles. The molecule has 5 nitrogen and oxygen atoms in total. The van der Waals surface area contributed by atoms with Crippen LogP contribution in [0.5, 0.6) is 0 Å². The standard InChI is InChI=1S/C14H13BrClN3O2/c15-8-5-10(13(16)18-7-8)14(20)19(9-1-2-9)11(6-17)12-3-4-21-12/h5,7,9,11-12H,1-4H2. The van der Waals surface area contributed by atoms with Crippen molar-refractivity contribution in [1.29, 1.82) is 5.26 Å². The molecule has 1 aliphatic heterocycles. The summed E-state index contributed by atoms with van der Waals surface area (Å²) in [5.41, 5.74) is 0.317. The summed E-state index contributed by atoms with van der Waals surface area (Å²) in [4.78, 5) is 18.4. The highest BCUT2D eigenvalue weighted by molar-refractivity contribution is 9.10. The van der Waals surface area contributed by atoms with E-state index in [4.69, 9.17) is 16.3 Å². The highest BCUT2D eigenvalue weighted by Gasteiger charge is 2.43. The number of carbonyl (C=O) groups is 1. The zero-order chi connectivity index (χ0) is 15.0. The minimum absolute atomic E-state index is 0.0985. The smallest absolute Gasteiger partial charge is 0.258 e. The Labute approximate surface area is 136 Å². The van der Waals surface area contributed by atoms with E-state index in [1.165, 1.54) is 6.20 Å². The van der Waals surface area contributed by atoms with E-state index in [0.29, 0.717) is 16.6 Å². The molecule has 2 aliphatic rings. The molecule has 1 saturated heterocycles. The quantitative estimate of drug-likeness (QED) is 0.764. The first-order valence-corrected chi connectivity index (χ1v) is 7.94. The molecule has 0 N–H and O–H groups in total.